The van der Waals surface area contributed by atoms with Crippen molar-refractivity contribution < 1.29 is 36.6 Å². The zero-order chi connectivity index (χ0) is 26.1. The van der Waals surface area contributed by atoms with Gasteiger partial charge in [0.05, 0.1) is 10.8 Å². The highest BCUT2D eigenvalue weighted by molar-refractivity contribution is 5.76. The van der Waals surface area contributed by atoms with Gasteiger partial charge in [-0.15, -0.1) is 0 Å². The van der Waals surface area contributed by atoms with Crippen molar-refractivity contribution in [3.05, 3.63) is 0 Å². The number of carbonyl (C=O) groups is 2. The fraction of sp³-hybridized carbons (Fsp3) is 0.923. The van der Waals surface area contributed by atoms with Gasteiger partial charge < -0.3 is 9.47 Å². The Bertz CT molecular complexity index is 704. The molecular weight excluding hydrogens is 452 g/mol. The van der Waals surface area contributed by atoms with Gasteiger partial charge in [0.15, 0.2) is 6.61 Å². The van der Waals surface area contributed by atoms with Crippen LogP contribution in [0.4, 0.5) is 17.6 Å². The SMILES string of the molecule is CCC(C)(C)C(=O)OC1(C)C2CC3CC(C2)CC1C3.CCC(C)(C)C(=O)OCC(F)(F)C(F)F. The largest absolute Gasteiger partial charge is 0.459 e. The summed E-state index contributed by atoms with van der Waals surface area (Å²) in [6.07, 6.45) is 4.03. The van der Waals surface area contributed by atoms with Crippen molar-refractivity contribution in [1.29, 1.82) is 0 Å². The molecule has 0 aromatic carbocycles. The molecule has 0 saturated heterocycles. The molecule has 0 heterocycles. The molecule has 0 atom stereocenters. The van der Waals surface area contributed by atoms with Gasteiger partial charge in [0.1, 0.15) is 5.60 Å². The van der Waals surface area contributed by atoms with Gasteiger partial charge in [0, 0.05) is 0 Å². The molecule has 0 aromatic heterocycles. The fourth-order valence-corrected chi connectivity index (χ4v) is 5.33. The van der Waals surface area contributed by atoms with Crippen LogP contribution in [0.15, 0.2) is 0 Å². The Morgan fingerprint density at radius 2 is 1.26 bits per heavy atom. The van der Waals surface area contributed by atoms with Crippen molar-refractivity contribution in [3.8, 4) is 0 Å². The van der Waals surface area contributed by atoms with Gasteiger partial charge in [0.25, 0.3) is 0 Å². The minimum Gasteiger partial charge on any atom is -0.459 e. The van der Waals surface area contributed by atoms with Gasteiger partial charge in [-0.05, 0) is 103 Å². The van der Waals surface area contributed by atoms with Crippen molar-refractivity contribution >= 4 is 11.9 Å². The summed E-state index contributed by atoms with van der Waals surface area (Å²) in [5, 5.41) is 0. The number of hydrogen-bond donors (Lipinski definition) is 0. The van der Waals surface area contributed by atoms with Gasteiger partial charge in [-0.3, -0.25) is 9.59 Å². The third-order valence-corrected chi connectivity index (χ3v) is 8.66. The number of esters is 2. The lowest BCUT2D eigenvalue weighted by Crippen LogP contribution is -2.58. The zero-order valence-electron chi connectivity index (χ0n) is 21.7. The summed E-state index contributed by atoms with van der Waals surface area (Å²) < 4.78 is 58.4. The van der Waals surface area contributed by atoms with E-state index in [2.05, 4.69) is 18.6 Å². The van der Waals surface area contributed by atoms with Crippen molar-refractivity contribution in [2.45, 2.75) is 111 Å². The van der Waals surface area contributed by atoms with E-state index in [1.165, 1.54) is 46.0 Å². The maximum absolute atomic E-state index is 12.5. The van der Waals surface area contributed by atoms with Crippen LogP contribution in [0.3, 0.4) is 0 Å². The zero-order valence-corrected chi connectivity index (χ0v) is 21.7. The number of ether oxygens (including phenoxy) is 2. The van der Waals surface area contributed by atoms with Crippen LogP contribution >= 0.6 is 0 Å². The molecule has 4 rings (SSSR count). The first-order valence-electron chi connectivity index (χ1n) is 12.5. The number of carbonyl (C=O) groups excluding carboxylic acids is 2. The molecule has 34 heavy (non-hydrogen) atoms. The minimum absolute atomic E-state index is 0.0185. The Balaban J connectivity index is 0.000000249. The smallest absolute Gasteiger partial charge is 0.340 e. The standard InChI is InChI=1S/C17H28O2.C9H14F4O2/c1-5-16(2,3)15(18)19-17(4)13-7-11-6-12(9-13)10-14(17)8-11;1-4-8(2,3)7(14)15-5-9(12,13)6(10)11/h11-14H,5-10H2,1-4H3;6H,4-5H2,1-3H3. The number of rotatable bonds is 8. The molecule has 0 spiro atoms. The molecule has 198 valence electrons. The van der Waals surface area contributed by atoms with E-state index >= 15 is 0 Å². The average Bonchev–Trinajstić information content (AvgIpc) is 2.75. The molecular formula is C26H42F4O4. The Morgan fingerprint density at radius 3 is 1.65 bits per heavy atom. The monoisotopic (exact) mass is 494 g/mol. The summed E-state index contributed by atoms with van der Waals surface area (Å²) in [6, 6.07) is 0. The van der Waals surface area contributed by atoms with Gasteiger partial charge in [0.2, 0.25) is 0 Å². The molecule has 4 saturated carbocycles. The minimum atomic E-state index is -4.28. The molecule has 4 fully saturated rings. The lowest BCUT2D eigenvalue weighted by atomic mass is 9.50. The number of hydrogen-bond acceptors (Lipinski definition) is 4. The highest BCUT2D eigenvalue weighted by atomic mass is 19.3. The quantitative estimate of drug-likeness (QED) is 0.268. The summed E-state index contributed by atoms with van der Waals surface area (Å²) in [7, 11) is 0. The van der Waals surface area contributed by atoms with E-state index in [1.54, 1.807) is 6.92 Å². The lowest BCUT2D eigenvalue weighted by molar-refractivity contribution is -0.211. The van der Waals surface area contributed by atoms with Crippen LogP contribution in [-0.2, 0) is 19.1 Å². The Hall–Kier alpha value is -1.34. The Labute approximate surface area is 201 Å². The van der Waals surface area contributed by atoms with E-state index in [-0.39, 0.29) is 17.0 Å². The van der Waals surface area contributed by atoms with E-state index in [1.807, 2.05) is 13.8 Å². The van der Waals surface area contributed by atoms with E-state index in [0.29, 0.717) is 18.3 Å². The van der Waals surface area contributed by atoms with Crippen LogP contribution in [0.5, 0.6) is 0 Å². The first-order valence-corrected chi connectivity index (χ1v) is 12.5. The van der Waals surface area contributed by atoms with Crippen LogP contribution in [-0.4, -0.2) is 36.5 Å². The highest BCUT2D eigenvalue weighted by Gasteiger charge is 2.57. The van der Waals surface area contributed by atoms with Crippen LogP contribution in [0.1, 0.15) is 93.4 Å². The predicted molar refractivity (Wildman–Crippen MR) is 122 cm³/mol. The predicted octanol–water partition coefficient (Wildman–Crippen LogP) is 7.05. The molecule has 0 aliphatic heterocycles. The molecule has 0 amide bonds. The third kappa shape index (κ3) is 6.26. The fourth-order valence-electron chi connectivity index (χ4n) is 5.33. The summed E-state index contributed by atoms with van der Waals surface area (Å²) >= 11 is 0. The molecule has 0 radical (unpaired) electrons. The first-order chi connectivity index (χ1) is 15.5. The Morgan fingerprint density at radius 1 is 0.853 bits per heavy atom. The van der Waals surface area contributed by atoms with Gasteiger partial charge in [-0.25, -0.2) is 8.78 Å². The van der Waals surface area contributed by atoms with Crippen molar-refractivity contribution in [3.63, 3.8) is 0 Å². The van der Waals surface area contributed by atoms with Crippen LogP contribution < -0.4 is 0 Å². The van der Waals surface area contributed by atoms with Gasteiger partial charge in [-0.2, -0.15) is 8.78 Å². The van der Waals surface area contributed by atoms with Crippen molar-refractivity contribution in [2.75, 3.05) is 6.61 Å². The van der Waals surface area contributed by atoms with Crippen molar-refractivity contribution in [1.82, 2.24) is 0 Å². The topological polar surface area (TPSA) is 52.6 Å². The molecule has 8 heteroatoms. The van der Waals surface area contributed by atoms with E-state index < -0.39 is 30.3 Å². The van der Waals surface area contributed by atoms with Gasteiger partial charge in [-0.1, -0.05) is 13.8 Å². The normalized spacial score (nSPS) is 30.6. The second-order valence-electron chi connectivity index (χ2n) is 12.0. The van der Waals surface area contributed by atoms with Gasteiger partial charge >= 0.3 is 24.3 Å². The summed E-state index contributed by atoms with van der Waals surface area (Å²) in [4.78, 5) is 23.6. The highest BCUT2D eigenvalue weighted by Crippen LogP contribution is 2.59. The summed E-state index contributed by atoms with van der Waals surface area (Å²) in [5.41, 5.74) is -1.44. The average molecular weight is 495 g/mol. The molecule has 4 nitrogen and oxygen atoms in total. The third-order valence-electron chi connectivity index (χ3n) is 8.66. The molecule has 0 unspecified atom stereocenters. The maximum Gasteiger partial charge on any atom is 0.340 e. The van der Waals surface area contributed by atoms with Crippen LogP contribution in [0, 0.1) is 34.5 Å². The Kier molecular flexibility index (Phi) is 8.78. The summed E-state index contributed by atoms with van der Waals surface area (Å²) in [6.45, 7) is 11.4. The second kappa shape index (κ2) is 10.3. The molecule has 4 bridgehead atoms. The van der Waals surface area contributed by atoms with E-state index in [4.69, 9.17) is 4.74 Å². The molecule has 0 aromatic rings. The summed E-state index contributed by atoms with van der Waals surface area (Å²) in [5.74, 6) is -2.06. The molecule has 4 aliphatic carbocycles. The van der Waals surface area contributed by atoms with Crippen LogP contribution in [0.2, 0.25) is 0 Å². The number of halogens is 4. The maximum atomic E-state index is 12.5. The first kappa shape index (κ1) is 28.9. The number of alkyl halides is 4. The lowest BCUT2D eigenvalue weighted by Gasteiger charge is -2.59. The van der Waals surface area contributed by atoms with Crippen molar-refractivity contribution in [2.24, 2.45) is 34.5 Å². The molecule has 0 N–H and O–H groups in total. The second-order valence-corrected chi connectivity index (χ2v) is 12.0. The van der Waals surface area contributed by atoms with Crippen LogP contribution in [0.25, 0.3) is 0 Å². The molecule has 4 aliphatic rings. The van der Waals surface area contributed by atoms with E-state index in [9.17, 15) is 27.2 Å². The van der Waals surface area contributed by atoms with E-state index in [0.717, 1.165) is 18.3 Å².